The van der Waals surface area contributed by atoms with Gasteiger partial charge in [0.15, 0.2) is 0 Å². The van der Waals surface area contributed by atoms with Crippen LogP contribution in [-0.4, -0.2) is 66.4 Å². The number of piperazine rings is 1. The van der Waals surface area contributed by atoms with Gasteiger partial charge in [-0.25, -0.2) is 0 Å². The summed E-state index contributed by atoms with van der Waals surface area (Å²) in [5.41, 5.74) is 1.06. The summed E-state index contributed by atoms with van der Waals surface area (Å²) in [6, 6.07) is -0.506. The molecule has 140 valence electrons. The van der Waals surface area contributed by atoms with Gasteiger partial charge in [-0.1, -0.05) is 6.92 Å². The SMILES string of the molecule is CCC(C(=O)N1CCN(Cc2cnn(C)c2)CC1)n1cc([N+](=O)[O-])cn1. The van der Waals surface area contributed by atoms with Gasteiger partial charge in [-0.05, 0) is 6.42 Å². The van der Waals surface area contributed by atoms with E-state index in [9.17, 15) is 14.9 Å². The maximum absolute atomic E-state index is 12.8. The molecule has 0 aromatic carbocycles. The first-order valence-electron chi connectivity index (χ1n) is 8.65. The molecule has 1 saturated heterocycles. The van der Waals surface area contributed by atoms with Crippen LogP contribution in [0.4, 0.5) is 5.69 Å². The van der Waals surface area contributed by atoms with Crippen molar-refractivity contribution in [1.29, 1.82) is 0 Å². The van der Waals surface area contributed by atoms with Gasteiger partial charge in [0.05, 0.1) is 11.1 Å². The molecule has 1 aliphatic rings. The van der Waals surface area contributed by atoms with Crippen LogP contribution in [0.3, 0.4) is 0 Å². The molecule has 0 spiro atoms. The molecule has 1 fully saturated rings. The van der Waals surface area contributed by atoms with Crippen LogP contribution in [0.2, 0.25) is 0 Å². The van der Waals surface area contributed by atoms with Crippen molar-refractivity contribution in [3.63, 3.8) is 0 Å². The van der Waals surface area contributed by atoms with Gasteiger partial charge in [0.2, 0.25) is 5.91 Å². The molecule has 0 saturated carbocycles. The van der Waals surface area contributed by atoms with E-state index in [0.29, 0.717) is 19.5 Å². The van der Waals surface area contributed by atoms with Crippen molar-refractivity contribution in [3.05, 3.63) is 40.5 Å². The predicted molar refractivity (Wildman–Crippen MR) is 93.3 cm³/mol. The summed E-state index contributed by atoms with van der Waals surface area (Å²) in [5.74, 6) is -0.0356. The molecule has 1 amide bonds. The second-order valence-electron chi connectivity index (χ2n) is 6.48. The number of carbonyl (C=O) groups excluding carboxylic acids is 1. The van der Waals surface area contributed by atoms with E-state index in [4.69, 9.17) is 0 Å². The van der Waals surface area contributed by atoms with Crippen molar-refractivity contribution in [1.82, 2.24) is 29.4 Å². The Balaban J connectivity index is 1.58. The summed E-state index contributed by atoms with van der Waals surface area (Å²) >= 11 is 0. The molecule has 1 aliphatic heterocycles. The third-order valence-electron chi connectivity index (χ3n) is 4.64. The number of carbonyl (C=O) groups is 1. The minimum absolute atomic E-state index is 0.0356. The molecule has 10 heteroatoms. The van der Waals surface area contributed by atoms with Crippen molar-refractivity contribution in [2.75, 3.05) is 26.2 Å². The van der Waals surface area contributed by atoms with Crippen LogP contribution in [0.25, 0.3) is 0 Å². The standard InChI is InChI=1S/C16H23N7O3/c1-3-15(22-12-14(9-18-22)23(25)26)16(24)21-6-4-20(5-7-21)11-13-8-17-19(2)10-13/h8-10,12,15H,3-7,11H2,1-2H3. The first-order chi connectivity index (χ1) is 12.5. The quantitative estimate of drug-likeness (QED) is 0.557. The van der Waals surface area contributed by atoms with Gasteiger partial charge in [0.25, 0.3) is 0 Å². The van der Waals surface area contributed by atoms with Gasteiger partial charge in [0.1, 0.15) is 18.4 Å². The largest absolute Gasteiger partial charge is 0.338 e. The number of nitro groups is 1. The molecule has 0 N–H and O–H groups in total. The van der Waals surface area contributed by atoms with Gasteiger partial charge in [-0.2, -0.15) is 10.2 Å². The Morgan fingerprint density at radius 1 is 1.23 bits per heavy atom. The average Bonchev–Trinajstić information content (AvgIpc) is 3.26. The second-order valence-corrected chi connectivity index (χ2v) is 6.48. The average molecular weight is 361 g/mol. The summed E-state index contributed by atoms with van der Waals surface area (Å²) in [4.78, 5) is 27.3. The summed E-state index contributed by atoms with van der Waals surface area (Å²) in [6.45, 7) is 5.55. The maximum atomic E-state index is 12.8. The van der Waals surface area contributed by atoms with E-state index >= 15 is 0 Å². The second kappa shape index (κ2) is 7.65. The summed E-state index contributed by atoms with van der Waals surface area (Å²) in [5, 5.41) is 19.0. The molecule has 0 aliphatic carbocycles. The molecular weight excluding hydrogens is 338 g/mol. The molecule has 3 heterocycles. The smallest absolute Gasteiger partial charge is 0.307 e. The highest BCUT2D eigenvalue weighted by molar-refractivity contribution is 5.80. The van der Waals surface area contributed by atoms with Crippen LogP contribution in [0.1, 0.15) is 24.9 Å². The van der Waals surface area contributed by atoms with Crippen molar-refractivity contribution in [3.8, 4) is 0 Å². The Morgan fingerprint density at radius 3 is 2.50 bits per heavy atom. The summed E-state index contributed by atoms with van der Waals surface area (Å²) in [6.07, 6.45) is 6.89. The molecule has 2 aromatic rings. The minimum atomic E-state index is -0.506. The highest BCUT2D eigenvalue weighted by atomic mass is 16.6. The lowest BCUT2D eigenvalue weighted by Gasteiger charge is -2.36. The number of hydrogen-bond acceptors (Lipinski definition) is 6. The fourth-order valence-electron chi connectivity index (χ4n) is 3.22. The van der Waals surface area contributed by atoms with Crippen molar-refractivity contribution in [2.24, 2.45) is 7.05 Å². The zero-order chi connectivity index (χ0) is 18.7. The fraction of sp³-hybridized carbons (Fsp3) is 0.562. The molecule has 1 atom stereocenters. The van der Waals surface area contributed by atoms with Gasteiger partial charge in [-0.15, -0.1) is 0 Å². The Morgan fingerprint density at radius 2 is 1.96 bits per heavy atom. The third-order valence-corrected chi connectivity index (χ3v) is 4.64. The molecule has 10 nitrogen and oxygen atoms in total. The van der Waals surface area contributed by atoms with E-state index in [1.54, 1.807) is 4.68 Å². The maximum Gasteiger partial charge on any atom is 0.307 e. The highest BCUT2D eigenvalue weighted by Gasteiger charge is 2.29. The third kappa shape index (κ3) is 3.90. The number of rotatable bonds is 6. The molecular formula is C16H23N7O3. The number of hydrogen-bond donors (Lipinski definition) is 0. The zero-order valence-electron chi connectivity index (χ0n) is 15.0. The van der Waals surface area contributed by atoms with Crippen LogP contribution in [0.5, 0.6) is 0 Å². The normalized spacial score (nSPS) is 16.6. The fourth-order valence-corrected chi connectivity index (χ4v) is 3.22. The van der Waals surface area contributed by atoms with E-state index in [2.05, 4.69) is 15.1 Å². The lowest BCUT2D eigenvalue weighted by molar-refractivity contribution is -0.385. The van der Waals surface area contributed by atoms with E-state index in [1.165, 1.54) is 17.1 Å². The van der Waals surface area contributed by atoms with Crippen LogP contribution in [0.15, 0.2) is 24.8 Å². The predicted octanol–water partition coefficient (Wildman–Crippen LogP) is 0.820. The van der Waals surface area contributed by atoms with Crippen LogP contribution in [0, 0.1) is 10.1 Å². The van der Waals surface area contributed by atoms with Gasteiger partial charge < -0.3 is 4.90 Å². The lowest BCUT2D eigenvalue weighted by Crippen LogP contribution is -2.50. The number of aryl methyl sites for hydroxylation is 1. The van der Waals surface area contributed by atoms with Gasteiger partial charge in [-0.3, -0.25) is 29.2 Å². The molecule has 2 aromatic heterocycles. The zero-order valence-corrected chi connectivity index (χ0v) is 15.0. The summed E-state index contributed by atoms with van der Waals surface area (Å²) < 4.78 is 3.19. The van der Waals surface area contributed by atoms with E-state index in [1.807, 2.05) is 31.3 Å². The van der Waals surface area contributed by atoms with E-state index in [-0.39, 0.29) is 11.6 Å². The number of amides is 1. The van der Waals surface area contributed by atoms with Gasteiger partial charge in [0, 0.05) is 51.5 Å². The lowest BCUT2D eigenvalue weighted by atomic mass is 10.1. The first-order valence-corrected chi connectivity index (χ1v) is 8.65. The molecule has 1 unspecified atom stereocenters. The van der Waals surface area contributed by atoms with E-state index in [0.717, 1.165) is 25.2 Å². The number of aromatic nitrogens is 4. The van der Waals surface area contributed by atoms with Crippen molar-refractivity contribution >= 4 is 11.6 Å². The van der Waals surface area contributed by atoms with Gasteiger partial charge >= 0.3 is 5.69 Å². The van der Waals surface area contributed by atoms with E-state index < -0.39 is 11.0 Å². The topological polar surface area (TPSA) is 102 Å². The molecule has 26 heavy (non-hydrogen) atoms. The monoisotopic (exact) mass is 361 g/mol. The Kier molecular flexibility index (Phi) is 5.31. The Hall–Kier alpha value is -2.75. The molecule has 3 rings (SSSR count). The van der Waals surface area contributed by atoms with Crippen molar-refractivity contribution in [2.45, 2.75) is 25.9 Å². The van der Waals surface area contributed by atoms with Crippen LogP contribution >= 0.6 is 0 Å². The van der Waals surface area contributed by atoms with Crippen molar-refractivity contribution < 1.29 is 9.72 Å². The molecule has 0 radical (unpaired) electrons. The highest BCUT2D eigenvalue weighted by Crippen LogP contribution is 2.19. The summed E-state index contributed by atoms with van der Waals surface area (Å²) in [7, 11) is 1.89. The Bertz CT molecular complexity index is 776. The molecule has 0 bridgehead atoms. The Labute approximate surface area is 151 Å². The van der Waals surface area contributed by atoms with Crippen LogP contribution < -0.4 is 0 Å². The number of nitrogens with zero attached hydrogens (tertiary/aromatic N) is 7. The minimum Gasteiger partial charge on any atom is -0.338 e. The van der Waals surface area contributed by atoms with Crippen LogP contribution in [-0.2, 0) is 18.4 Å². The first kappa shape index (κ1) is 18.1.